The van der Waals surface area contributed by atoms with Crippen LogP contribution in [-0.2, 0) is 62.5 Å². The number of rotatable bonds is 22. The highest BCUT2D eigenvalue weighted by molar-refractivity contribution is 7.13. The summed E-state index contributed by atoms with van der Waals surface area (Å²) < 4.78 is 30.4. The summed E-state index contributed by atoms with van der Waals surface area (Å²) in [5.74, 6) is -1.76. The van der Waals surface area contributed by atoms with Crippen LogP contribution in [0.2, 0.25) is 0 Å². The molecule has 0 aliphatic heterocycles. The van der Waals surface area contributed by atoms with E-state index in [0.717, 1.165) is 0 Å². The largest absolute Gasteiger partial charge is 0.466 e. The Morgan fingerprint density at radius 2 is 0.971 bits per heavy atom. The zero-order valence-electron chi connectivity index (χ0n) is 39.2. The summed E-state index contributed by atoms with van der Waals surface area (Å²) >= 11 is 0. The van der Waals surface area contributed by atoms with Crippen molar-refractivity contribution in [3.05, 3.63) is 50.0 Å². The van der Waals surface area contributed by atoms with Gasteiger partial charge in [-0.2, -0.15) is 15.0 Å². The van der Waals surface area contributed by atoms with Gasteiger partial charge in [0.2, 0.25) is 17.8 Å². The summed E-state index contributed by atoms with van der Waals surface area (Å²) in [4.78, 5) is 112. The van der Waals surface area contributed by atoms with Gasteiger partial charge >= 0.3 is 23.9 Å². The van der Waals surface area contributed by atoms with Crippen molar-refractivity contribution in [1.82, 2.24) is 63.6 Å². The predicted molar refractivity (Wildman–Crippen MR) is 254 cm³/mol. The molecule has 6 rings (SSSR count). The monoisotopic (exact) mass is 1000 g/mol. The highest BCUT2D eigenvalue weighted by atomic mass is 31.0. The molecule has 11 N–H and O–H groups in total. The third-order valence-corrected chi connectivity index (χ3v) is 10.6. The number of nitrogen functional groups attached to an aromatic ring is 3. The molecule has 70 heavy (non-hydrogen) atoms. The van der Waals surface area contributed by atoms with Crippen LogP contribution in [0.4, 0.5) is 17.8 Å². The summed E-state index contributed by atoms with van der Waals surface area (Å²) in [6.45, 7) is 8.15. The molecule has 0 spiro atoms. The molecule has 0 fully saturated rings. The SMILES string of the molecule is CC(=O)OC[C@H](CCO)Cn1cnc2c(=O)[nH]c(N)nc21.CC(=O)OC[C@H](CCOC(=O)[C@H](C)NP)Cn1cnc2c(=O)[nH]c(N)nc21.COCC[C@@H](COC(C)=O)Cn1cnc2c(=O)[nH]c(N)nc21. The van der Waals surface area contributed by atoms with E-state index in [1.807, 2.05) is 0 Å². The Labute approximate surface area is 399 Å². The fraction of sp³-hybridized carbons (Fsp3) is 0.525. The van der Waals surface area contributed by atoms with Gasteiger partial charge in [0.15, 0.2) is 33.5 Å². The number of anilines is 3. The number of nitrogens with zero attached hydrogens (tertiary/aromatic N) is 9. The molecule has 0 aliphatic rings. The van der Waals surface area contributed by atoms with E-state index in [9.17, 15) is 33.6 Å². The van der Waals surface area contributed by atoms with Crippen molar-refractivity contribution >= 4 is 84.6 Å². The Hall–Kier alpha value is -7.36. The molecular formula is C40H59N16O13P. The maximum Gasteiger partial charge on any atom is 0.323 e. The van der Waals surface area contributed by atoms with Crippen molar-refractivity contribution in [2.75, 3.05) is 64.0 Å². The van der Waals surface area contributed by atoms with Crippen LogP contribution in [0.15, 0.2) is 33.4 Å². The van der Waals surface area contributed by atoms with E-state index >= 15 is 0 Å². The van der Waals surface area contributed by atoms with Crippen molar-refractivity contribution in [1.29, 1.82) is 0 Å². The molecule has 30 heteroatoms. The maximum atomic E-state index is 11.9. The van der Waals surface area contributed by atoms with Gasteiger partial charge < -0.3 is 59.7 Å². The van der Waals surface area contributed by atoms with Crippen LogP contribution < -0.4 is 39.0 Å². The fourth-order valence-corrected chi connectivity index (χ4v) is 6.66. The highest BCUT2D eigenvalue weighted by Crippen LogP contribution is 2.16. The summed E-state index contributed by atoms with van der Waals surface area (Å²) in [6.07, 6.45) is 6.07. The summed E-state index contributed by atoms with van der Waals surface area (Å²) in [6, 6.07) is -0.446. The number of hydrogen-bond acceptors (Lipinski definition) is 23. The molecule has 0 bridgehead atoms. The second-order valence-electron chi connectivity index (χ2n) is 15.7. The Balaban J connectivity index is 0.000000231. The van der Waals surface area contributed by atoms with Crippen molar-refractivity contribution in [3.63, 3.8) is 0 Å². The first-order valence-electron chi connectivity index (χ1n) is 21.6. The zero-order chi connectivity index (χ0) is 51.5. The summed E-state index contributed by atoms with van der Waals surface area (Å²) in [5, 5.41) is 11.8. The topological polar surface area (TPSA) is 415 Å². The summed E-state index contributed by atoms with van der Waals surface area (Å²) in [7, 11) is 3.86. The zero-order valence-corrected chi connectivity index (χ0v) is 40.4. The number of nitrogens with one attached hydrogen (secondary N) is 4. The normalized spacial score (nSPS) is 12.8. The number of aromatic nitrogens is 12. The predicted octanol–water partition coefficient (Wildman–Crippen LogP) is -1.24. The molecule has 1 unspecified atom stereocenters. The van der Waals surface area contributed by atoms with Crippen molar-refractivity contribution < 1.29 is 48.0 Å². The average Bonchev–Trinajstić information content (AvgIpc) is 4.02. The van der Waals surface area contributed by atoms with Crippen molar-refractivity contribution in [2.24, 2.45) is 17.8 Å². The minimum Gasteiger partial charge on any atom is -0.466 e. The fourth-order valence-electron chi connectivity index (χ4n) is 6.52. The van der Waals surface area contributed by atoms with E-state index in [-0.39, 0.29) is 109 Å². The third-order valence-electron chi connectivity index (χ3n) is 10.1. The number of aromatic amines is 3. The summed E-state index contributed by atoms with van der Waals surface area (Å²) in [5.41, 5.74) is 17.2. The minimum absolute atomic E-state index is 0.00736. The number of nitrogens with two attached hydrogens (primary N) is 3. The molecule has 5 atom stereocenters. The van der Waals surface area contributed by atoms with E-state index in [1.165, 1.54) is 39.8 Å². The van der Waals surface area contributed by atoms with Crippen LogP contribution in [-0.4, -0.2) is 140 Å². The van der Waals surface area contributed by atoms with Crippen molar-refractivity contribution in [3.8, 4) is 0 Å². The van der Waals surface area contributed by atoms with Crippen LogP contribution in [0.1, 0.15) is 47.0 Å². The number of imidazole rings is 3. The van der Waals surface area contributed by atoms with Gasteiger partial charge in [-0.05, 0) is 26.2 Å². The highest BCUT2D eigenvalue weighted by Gasteiger charge is 2.20. The van der Waals surface area contributed by atoms with Gasteiger partial charge in [0.1, 0.15) is 6.04 Å². The molecule has 6 aromatic heterocycles. The minimum atomic E-state index is -0.446. The van der Waals surface area contributed by atoms with Gasteiger partial charge in [0.05, 0.1) is 45.4 Å². The van der Waals surface area contributed by atoms with E-state index < -0.39 is 23.1 Å². The second-order valence-corrected chi connectivity index (χ2v) is 16.0. The van der Waals surface area contributed by atoms with Crippen molar-refractivity contribution in [2.45, 2.75) is 72.6 Å². The van der Waals surface area contributed by atoms with Gasteiger partial charge in [0, 0.05) is 78.5 Å². The van der Waals surface area contributed by atoms with E-state index in [1.54, 1.807) is 27.7 Å². The number of methoxy groups -OCH3 is 1. The molecule has 0 saturated carbocycles. The number of fused-ring (bicyclic) bond motifs is 3. The van der Waals surface area contributed by atoms with Crippen LogP contribution in [0.5, 0.6) is 0 Å². The molecular weight excluding hydrogens is 944 g/mol. The quantitative estimate of drug-likeness (QED) is 0.0224. The molecule has 382 valence electrons. The number of H-pyrrole nitrogens is 3. The average molecular weight is 1000 g/mol. The molecule has 29 nitrogen and oxygen atoms in total. The lowest BCUT2D eigenvalue weighted by Crippen LogP contribution is -2.30. The van der Waals surface area contributed by atoms with Crippen LogP contribution in [0.3, 0.4) is 0 Å². The lowest BCUT2D eigenvalue weighted by atomic mass is 10.1. The van der Waals surface area contributed by atoms with E-state index in [0.29, 0.717) is 62.4 Å². The van der Waals surface area contributed by atoms with Crippen LogP contribution in [0.25, 0.3) is 33.5 Å². The Bertz CT molecular complexity index is 2870. The number of hydrogen-bond donors (Lipinski definition) is 8. The first kappa shape index (κ1) is 55.2. The second kappa shape index (κ2) is 27.0. The Morgan fingerprint density at radius 1 is 0.629 bits per heavy atom. The molecule has 6 heterocycles. The van der Waals surface area contributed by atoms with Gasteiger partial charge in [-0.3, -0.25) is 53.6 Å². The van der Waals surface area contributed by atoms with Gasteiger partial charge in [0.25, 0.3) is 16.7 Å². The molecule has 6 aromatic rings. The molecule has 0 saturated heterocycles. The molecule has 0 aliphatic carbocycles. The smallest absolute Gasteiger partial charge is 0.323 e. The van der Waals surface area contributed by atoms with Crippen LogP contribution in [0, 0.1) is 17.8 Å². The molecule has 0 radical (unpaired) electrons. The first-order chi connectivity index (χ1) is 33.3. The van der Waals surface area contributed by atoms with E-state index in [2.05, 4.69) is 59.3 Å². The third kappa shape index (κ3) is 16.7. The number of carbonyl (C=O) groups is 4. The standard InChI is InChI=1S/C15H23N6O5P.C13H19N5O4.C12H17N5O4/c1-8(20-27)14(24)25-4-3-10(6-26-9(2)22)5-21-7-17-11-12(21)18-15(16)19-13(11)23;1-8(19)22-6-9(3-4-21-2)5-18-7-15-10-11(18)16-13(14)17-12(10)20;1-7(19)21-5-8(2-3-18)4-17-6-14-9-10(17)15-12(13)16-11(9)20/h7-8,10,20H,3-6,27H2,1-2H3,(H3,16,18,19,23);7,9H,3-6H2,1-2H3,(H3,14,16,17,20);6,8,18H,2-5H2,1H3,(H3,13,15,16,20)/t8-,10+;9-;8-/m011/s1. The Kier molecular flexibility index (Phi) is 21.3. The van der Waals surface area contributed by atoms with Gasteiger partial charge in [-0.25, -0.2) is 15.0 Å². The number of aliphatic hydroxyl groups excluding tert-OH is 1. The van der Waals surface area contributed by atoms with Gasteiger partial charge in [-0.15, -0.1) is 0 Å². The Morgan fingerprint density at radius 3 is 1.29 bits per heavy atom. The number of esters is 4. The lowest BCUT2D eigenvalue weighted by molar-refractivity contribution is -0.147. The van der Waals surface area contributed by atoms with Crippen LogP contribution >= 0.6 is 9.39 Å². The lowest BCUT2D eigenvalue weighted by Gasteiger charge is -2.18. The first-order valence-corrected chi connectivity index (χ1v) is 22.2. The number of carbonyl (C=O) groups excluding carboxylic acids is 4. The number of aliphatic hydroxyl groups is 1. The number of ether oxygens (including phenoxy) is 5. The maximum absolute atomic E-state index is 11.9. The molecule has 0 aromatic carbocycles. The molecule has 0 amide bonds. The van der Waals surface area contributed by atoms with E-state index in [4.69, 9.17) is 46.0 Å². The van der Waals surface area contributed by atoms with Gasteiger partial charge in [-0.1, -0.05) is 9.39 Å².